The summed E-state index contributed by atoms with van der Waals surface area (Å²) in [7, 11) is 0. The normalized spacial score (nSPS) is 15.8. The number of hydrogen-bond acceptors (Lipinski definition) is 3. The number of aromatic nitrogens is 1. The van der Waals surface area contributed by atoms with Gasteiger partial charge >= 0.3 is 0 Å². The number of carbonyl (C=O) groups is 1. The number of anilines is 1. The largest absolute Gasteiger partial charge is 0.326 e. The average molecular weight is 297 g/mol. The van der Waals surface area contributed by atoms with Gasteiger partial charge in [-0.05, 0) is 63.2 Å². The van der Waals surface area contributed by atoms with Gasteiger partial charge in [0.2, 0.25) is 5.91 Å². The molecule has 1 aliphatic heterocycles. The lowest BCUT2D eigenvalue weighted by molar-refractivity contribution is -0.116. The molecule has 2 heterocycles. The molecule has 1 fully saturated rings. The van der Waals surface area contributed by atoms with Crippen molar-refractivity contribution in [2.75, 3.05) is 25.0 Å². The molecule has 2 aromatic rings. The van der Waals surface area contributed by atoms with Crippen LogP contribution in [0.25, 0.3) is 10.9 Å². The fraction of sp³-hybridized carbons (Fsp3) is 0.444. The van der Waals surface area contributed by atoms with E-state index in [0.717, 1.165) is 29.6 Å². The van der Waals surface area contributed by atoms with Crippen molar-refractivity contribution in [2.45, 2.75) is 32.1 Å². The van der Waals surface area contributed by atoms with Gasteiger partial charge in [-0.1, -0.05) is 12.5 Å². The lowest BCUT2D eigenvalue weighted by Crippen LogP contribution is -2.31. The predicted octanol–water partition coefficient (Wildman–Crippen LogP) is 3.44. The van der Waals surface area contributed by atoms with Crippen molar-refractivity contribution < 1.29 is 4.79 Å². The first-order valence-corrected chi connectivity index (χ1v) is 8.18. The highest BCUT2D eigenvalue weighted by Gasteiger charge is 2.10. The molecule has 0 aliphatic carbocycles. The zero-order valence-electron chi connectivity index (χ0n) is 12.9. The first-order chi connectivity index (χ1) is 10.8. The van der Waals surface area contributed by atoms with E-state index in [-0.39, 0.29) is 5.91 Å². The van der Waals surface area contributed by atoms with Gasteiger partial charge in [0, 0.05) is 23.7 Å². The van der Waals surface area contributed by atoms with Crippen molar-refractivity contribution >= 4 is 22.5 Å². The first kappa shape index (κ1) is 15.0. The number of rotatable bonds is 5. The van der Waals surface area contributed by atoms with Gasteiger partial charge in [0.05, 0.1) is 5.52 Å². The molecule has 0 bridgehead atoms. The van der Waals surface area contributed by atoms with Crippen molar-refractivity contribution in [3.8, 4) is 0 Å². The lowest BCUT2D eigenvalue weighted by Gasteiger charge is -2.26. The topological polar surface area (TPSA) is 45.2 Å². The Morgan fingerprint density at radius 1 is 1.18 bits per heavy atom. The van der Waals surface area contributed by atoms with Crippen LogP contribution in [0.1, 0.15) is 32.1 Å². The Kier molecular flexibility index (Phi) is 5.01. The molecule has 1 amide bonds. The maximum atomic E-state index is 12.0. The summed E-state index contributed by atoms with van der Waals surface area (Å²) < 4.78 is 0. The highest BCUT2D eigenvalue weighted by Crippen LogP contribution is 2.17. The van der Waals surface area contributed by atoms with E-state index in [9.17, 15) is 4.79 Å². The fourth-order valence-electron chi connectivity index (χ4n) is 3.02. The SMILES string of the molecule is O=C(CCCN1CCCCC1)Nc1ccc2ncccc2c1. The Balaban J connectivity index is 1.47. The van der Waals surface area contributed by atoms with E-state index < -0.39 is 0 Å². The molecular formula is C18H23N3O. The number of hydrogen-bond donors (Lipinski definition) is 1. The van der Waals surface area contributed by atoms with E-state index in [1.165, 1.54) is 32.4 Å². The van der Waals surface area contributed by atoms with Gasteiger partial charge in [-0.15, -0.1) is 0 Å². The molecule has 0 atom stereocenters. The van der Waals surface area contributed by atoms with Crippen LogP contribution in [0.5, 0.6) is 0 Å². The van der Waals surface area contributed by atoms with E-state index in [2.05, 4.69) is 15.2 Å². The average Bonchev–Trinajstić information content (AvgIpc) is 2.56. The smallest absolute Gasteiger partial charge is 0.224 e. The standard InChI is InChI=1S/C18H23N3O/c22-18(7-5-13-21-11-2-1-3-12-21)20-16-8-9-17-15(14-16)6-4-10-19-17/h4,6,8-10,14H,1-3,5,7,11-13H2,(H,20,22). The molecule has 0 spiro atoms. The summed E-state index contributed by atoms with van der Waals surface area (Å²) in [4.78, 5) is 18.8. The Bertz CT molecular complexity index is 635. The summed E-state index contributed by atoms with van der Waals surface area (Å²) in [5, 5.41) is 4.04. The van der Waals surface area contributed by atoms with Crippen LogP contribution in [0.4, 0.5) is 5.69 Å². The summed E-state index contributed by atoms with van der Waals surface area (Å²) >= 11 is 0. The Hall–Kier alpha value is -1.94. The molecule has 116 valence electrons. The van der Waals surface area contributed by atoms with E-state index in [1.54, 1.807) is 6.20 Å². The number of pyridine rings is 1. The zero-order valence-corrected chi connectivity index (χ0v) is 12.9. The quantitative estimate of drug-likeness (QED) is 0.919. The second-order valence-electron chi connectivity index (χ2n) is 5.96. The summed E-state index contributed by atoms with van der Waals surface area (Å²) in [5.41, 5.74) is 1.80. The fourth-order valence-corrected chi connectivity index (χ4v) is 3.02. The number of amides is 1. The van der Waals surface area contributed by atoms with Crippen LogP contribution < -0.4 is 5.32 Å². The number of carbonyl (C=O) groups excluding carboxylic acids is 1. The van der Waals surface area contributed by atoms with Crippen molar-refractivity contribution in [3.05, 3.63) is 36.5 Å². The number of benzene rings is 1. The minimum atomic E-state index is 0.0975. The Morgan fingerprint density at radius 2 is 2.05 bits per heavy atom. The Morgan fingerprint density at radius 3 is 2.91 bits per heavy atom. The molecule has 1 aromatic carbocycles. The van der Waals surface area contributed by atoms with Crippen LogP contribution in [0.15, 0.2) is 36.5 Å². The van der Waals surface area contributed by atoms with Crippen LogP contribution in [-0.4, -0.2) is 35.4 Å². The number of nitrogens with one attached hydrogen (secondary N) is 1. The van der Waals surface area contributed by atoms with Gasteiger partial charge in [-0.25, -0.2) is 0 Å². The summed E-state index contributed by atoms with van der Waals surface area (Å²) in [5.74, 6) is 0.0975. The maximum absolute atomic E-state index is 12.0. The second kappa shape index (κ2) is 7.36. The number of likely N-dealkylation sites (tertiary alicyclic amines) is 1. The third-order valence-electron chi connectivity index (χ3n) is 4.21. The summed E-state index contributed by atoms with van der Waals surface area (Å²) in [6.07, 6.45) is 7.26. The first-order valence-electron chi connectivity index (χ1n) is 8.18. The molecular weight excluding hydrogens is 274 g/mol. The third-order valence-corrected chi connectivity index (χ3v) is 4.21. The van der Waals surface area contributed by atoms with Crippen molar-refractivity contribution in [1.29, 1.82) is 0 Å². The highest BCUT2D eigenvalue weighted by molar-refractivity contribution is 5.93. The van der Waals surface area contributed by atoms with Gasteiger partial charge in [0.1, 0.15) is 0 Å². The van der Waals surface area contributed by atoms with E-state index in [4.69, 9.17) is 0 Å². The van der Waals surface area contributed by atoms with E-state index in [1.807, 2.05) is 30.3 Å². The molecule has 1 saturated heterocycles. The number of piperidine rings is 1. The minimum absolute atomic E-state index is 0.0975. The molecule has 4 heteroatoms. The van der Waals surface area contributed by atoms with Crippen LogP contribution in [-0.2, 0) is 4.79 Å². The number of fused-ring (bicyclic) bond motifs is 1. The van der Waals surface area contributed by atoms with Crippen LogP contribution >= 0.6 is 0 Å². The molecule has 1 N–H and O–H groups in total. The van der Waals surface area contributed by atoms with Gasteiger partial charge in [-0.2, -0.15) is 0 Å². The molecule has 0 saturated carbocycles. The van der Waals surface area contributed by atoms with Crippen LogP contribution in [0, 0.1) is 0 Å². The third kappa shape index (κ3) is 4.04. The molecule has 0 radical (unpaired) electrons. The van der Waals surface area contributed by atoms with Gasteiger partial charge < -0.3 is 10.2 Å². The minimum Gasteiger partial charge on any atom is -0.326 e. The summed E-state index contributed by atoms with van der Waals surface area (Å²) in [6.45, 7) is 3.42. The van der Waals surface area contributed by atoms with Gasteiger partial charge in [-0.3, -0.25) is 9.78 Å². The van der Waals surface area contributed by atoms with Gasteiger partial charge in [0.15, 0.2) is 0 Å². The zero-order chi connectivity index (χ0) is 15.2. The van der Waals surface area contributed by atoms with Crippen LogP contribution in [0.3, 0.4) is 0 Å². The van der Waals surface area contributed by atoms with Crippen molar-refractivity contribution in [3.63, 3.8) is 0 Å². The van der Waals surface area contributed by atoms with Gasteiger partial charge in [0.25, 0.3) is 0 Å². The molecule has 1 aliphatic rings. The molecule has 4 nitrogen and oxygen atoms in total. The summed E-state index contributed by atoms with van der Waals surface area (Å²) in [6, 6.07) is 9.75. The van der Waals surface area contributed by atoms with E-state index >= 15 is 0 Å². The van der Waals surface area contributed by atoms with Crippen LogP contribution in [0.2, 0.25) is 0 Å². The van der Waals surface area contributed by atoms with E-state index in [0.29, 0.717) is 6.42 Å². The van der Waals surface area contributed by atoms with Crippen molar-refractivity contribution in [2.24, 2.45) is 0 Å². The monoisotopic (exact) mass is 297 g/mol. The molecule has 3 rings (SSSR count). The molecule has 22 heavy (non-hydrogen) atoms. The highest BCUT2D eigenvalue weighted by atomic mass is 16.1. The number of nitrogens with zero attached hydrogens (tertiary/aromatic N) is 2. The molecule has 1 aromatic heterocycles. The predicted molar refractivity (Wildman–Crippen MR) is 89.9 cm³/mol. The molecule has 0 unspecified atom stereocenters. The Labute approximate surface area is 131 Å². The maximum Gasteiger partial charge on any atom is 0.224 e. The van der Waals surface area contributed by atoms with Crippen molar-refractivity contribution in [1.82, 2.24) is 9.88 Å². The lowest BCUT2D eigenvalue weighted by atomic mass is 10.1. The second-order valence-corrected chi connectivity index (χ2v) is 5.96.